The van der Waals surface area contributed by atoms with E-state index in [0.29, 0.717) is 24.5 Å². The predicted molar refractivity (Wildman–Crippen MR) is 117 cm³/mol. The number of nitrogens with zero attached hydrogens (tertiary/aromatic N) is 1. The van der Waals surface area contributed by atoms with E-state index in [9.17, 15) is 9.59 Å². The van der Waals surface area contributed by atoms with Crippen LogP contribution in [0.25, 0.3) is 0 Å². The molecule has 0 aliphatic rings. The van der Waals surface area contributed by atoms with Gasteiger partial charge >= 0.3 is 5.97 Å². The summed E-state index contributed by atoms with van der Waals surface area (Å²) in [6, 6.07) is 23.6. The predicted octanol–water partition coefficient (Wildman–Crippen LogP) is 4.44. The van der Waals surface area contributed by atoms with Crippen LogP contribution < -0.4 is 10.1 Å². The van der Waals surface area contributed by atoms with E-state index in [1.54, 1.807) is 48.5 Å². The molecule has 1 amide bonds. The van der Waals surface area contributed by atoms with E-state index in [1.807, 2.05) is 31.2 Å². The molecule has 0 atom stereocenters. The van der Waals surface area contributed by atoms with Gasteiger partial charge in [-0.3, -0.25) is 4.79 Å². The first-order valence-electron chi connectivity index (χ1n) is 9.75. The lowest BCUT2D eigenvalue weighted by molar-refractivity contribution is -0.119. The number of hydrogen-bond donors (Lipinski definition) is 1. The summed E-state index contributed by atoms with van der Waals surface area (Å²) >= 11 is 0. The van der Waals surface area contributed by atoms with E-state index in [-0.39, 0.29) is 5.56 Å². The van der Waals surface area contributed by atoms with Gasteiger partial charge in [0.05, 0.1) is 12.5 Å². The smallest absolute Gasteiger partial charge is 0.342 e. The quantitative estimate of drug-likeness (QED) is 0.551. The molecule has 3 rings (SSSR count). The first-order chi connectivity index (χ1) is 15.0. The molecule has 0 heterocycles. The van der Waals surface area contributed by atoms with Gasteiger partial charge in [0.25, 0.3) is 5.91 Å². The van der Waals surface area contributed by atoms with Gasteiger partial charge in [-0.2, -0.15) is 5.26 Å². The molecule has 0 aliphatic heterocycles. The average molecular weight is 414 g/mol. The van der Waals surface area contributed by atoms with Crippen LogP contribution in [0.15, 0.2) is 72.8 Å². The summed E-state index contributed by atoms with van der Waals surface area (Å²) in [7, 11) is 0. The zero-order valence-electron chi connectivity index (χ0n) is 17.1. The molecule has 0 saturated heterocycles. The maximum Gasteiger partial charge on any atom is 0.342 e. The Kier molecular flexibility index (Phi) is 7.39. The lowest BCUT2D eigenvalue weighted by atomic mass is 10.1. The number of aryl methyl sites for hydroxylation is 1. The molecule has 6 heteroatoms. The highest BCUT2D eigenvalue weighted by Gasteiger charge is 2.15. The lowest BCUT2D eigenvalue weighted by Crippen LogP contribution is -2.21. The van der Waals surface area contributed by atoms with Gasteiger partial charge in [0.15, 0.2) is 6.61 Å². The van der Waals surface area contributed by atoms with Crippen molar-refractivity contribution in [3.8, 4) is 11.8 Å². The van der Waals surface area contributed by atoms with Crippen LogP contribution in [0.5, 0.6) is 5.75 Å². The maximum atomic E-state index is 12.5. The first kappa shape index (κ1) is 21.6. The molecule has 3 aromatic rings. The Morgan fingerprint density at radius 1 is 0.968 bits per heavy atom. The van der Waals surface area contributed by atoms with Crippen molar-refractivity contribution in [3.63, 3.8) is 0 Å². The van der Waals surface area contributed by atoms with E-state index in [1.165, 1.54) is 0 Å². The van der Waals surface area contributed by atoms with Gasteiger partial charge in [0, 0.05) is 5.69 Å². The van der Waals surface area contributed by atoms with Crippen LogP contribution in [0.3, 0.4) is 0 Å². The van der Waals surface area contributed by atoms with Crippen LogP contribution in [0.4, 0.5) is 5.69 Å². The summed E-state index contributed by atoms with van der Waals surface area (Å²) in [5.74, 6) is -0.707. The number of nitriles is 1. The number of amides is 1. The number of para-hydroxylation sites is 1. The summed E-state index contributed by atoms with van der Waals surface area (Å²) in [5.41, 5.74) is 3.78. The minimum absolute atomic E-state index is 0.254. The molecule has 0 radical (unpaired) electrons. The number of carbonyl (C=O) groups excluding carboxylic acids is 2. The van der Waals surface area contributed by atoms with Gasteiger partial charge < -0.3 is 14.8 Å². The lowest BCUT2D eigenvalue weighted by Gasteiger charge is -2.12. The van der Waals surface area contributed by atoms with E-state index in [4.69, 9.17) is 14.7 Å². The van der Waals surface area contributed by atoms with E-state index in [0.717, 1.165) is 16.7 Å². The molecule has 0 aliphatic carbocycles. The largest absolute Gasteiger partial charge is 0.488 e. The number of esters is 1. The van der Waals surface area contributed by atoms with Crippen molar-refractivity contribution in [1.29, 1.82) is 5.26 Å². The van der Waals surface area contributed by atoms with Crippen LogP contribution in [0.1, 0.15) is 27.0 Å². The number of nitrogens with one attached hydrogen (secondary N) is 1. The Bertz CT molecular complexity index is 1100. The molecule has 0 fully saturated rings. The van der Waals surface area contributed by atoms with Crippen molar-refractivity contribution in [2.75, 3.05) is 11.9 Å². The van der Waals surface area contributed by atoms with Crippen molar-refractivity contribution < 1.29 is 19.1 Å². The number of benzene rings is 3. The second-order valence-electron chi connectivity index (χ2n) is 6.93. The average Bonchev–Trinajstić information content (AvgIpc) is 2.78. The molecule has 0 saturated carbocycles. The number of carbonyl (C=O) groups is 2. The third kappa shape index (κ3) is 6.44. The van der Waals surface area contributed by atoms with Gasteiger partial charge in [-0.1, -0.05) is 54.1 Å². The maximum absolute atomic E-state index is 12.5. The molecule has 6 nitrogen and oxygen atoms in total. The Morgan fingerprint density at radius 3 is 2.48 bits per heavy atom. The van der Waals surface area contributed by atoms with Gasteiger partial charge in [-0.05, 0) is 42.3 Å². The first-order valence-corrected chi connectivity index (χ1v) is 9.75. The molecule has 3 aromatic carbocycles. The zero-order chi connectivity index (χ0) is 22.1. The fraction of sp³-hybridized carbons (Fsp3) is 0.160. The van der Waals surface area contributed by atoms with Crippen molar-refractivity contribution in [2.45, 2.75) is 20.0 Å². The van der Waals surface area contributed by atoms with Crippen LogP contribution >= 0.6 is 0 Å². The fourth-order valence-electron chi connectivity index (χ4n) is 2.93. The molecule has 0 aromatic heterocycles. The third-order valence-electron chi connectivity index (χ3n) is 4.44. The summed E-state index contributed by atoms with van der Waals surface area (Å²) in [5, 5.41) is 11.3. The number of ether oxygens (including phenoxy) is 2. The molecule has 1 N–H and O–H groups in total. The fourth-order valence-corrected chi connectivity index (χ4v) is 2.93. The number of hydrogen-bond acceptors (Lipinski definition) is 5. The minimum Gasteiger partial charge on any atom is -0.488 e. The standard InChI is InChI=1S/C25H22N2O4/c1-18-5-4-6-20(15-18)16-30-23-8-3-2-7-22(23)25(29)31-17-24(28)27-21-11-9-19(10-12-21)13-14-26/h2-12,15H,13,16-17H2,1H3,(H,27,28). The molecule has 0 bridgehead atoms. The van der Waals surface area contributed by atoms with Crippen LogP contribution in [-0.2, 0) is 22.6 Å². The Balaban J connectivity index is 1.55. The number of anilines is 1. The second-order valence-corrected chi connectivity index (χ2v) is 6.93. The van der Waals surface area contributed by atoms with Crippen molar-refractivity contribution in [1.82, 2.24) is 0 Å². The summed E-state index contributed by atoms with van der Waals surface area (Å²) < 4.78 is 11.0. The van der Waals surface area contributed by atoms with Gasteiger partial charge in [0.2, 0.25) is 0 Å². The second kappa shape index (κ2) is 10.6. The molecule has 31 heavy (non-hydrogen) atoms. The molecule has 156 valence electrons. The SMILES string of the molecule is Cc1cccc(COc2ccccc2C(=O)OCC(=O)Nc2ccc(CC#N)cc2)c1. The Hall–Kier alpha value is -4.11. The number of rotatable bonds is 8. The molecule has 0 unspecified atom stereocenters. The normalized spacial score (nSPS) is 10.1. The zero-order valence-corrected chi connectivity index (χ0v) is 17.1. The molecular weight excluding hydrogens is 392 g/mol. The Morgan fingerprint density at radius 2 is 1.74 bits per heavy atom. The highest BCUT2D eigenvalue weighted by molar-refractivity contribution is 5.96. The van der Waals surface area contributed by atoms with Crippen molar-refractivity contribution >= 4 is 17.6 Å². The van der Waals surface area contributed by atoms with E-state index >= 15 is 0 Å². The van der Waals surface area contributed by atoms with Crippen LogP contribution in [0, 0.1) is 18.3 Å². The highest BCUT2D eigenvalue weighted by Crippen LogP contribution is 2.21. The Labute approximate surface area is 181 Å². The highest BCUT2D eigenvalue weighted by atomic mass is 16.5. The minimum atomic E-state index is -0.639. The summed E-state index contributed by atoms with van der Waals surface area (Å²) in [4.78, 5) is 24.6. The summed E-state index contributed by atoms with van der Waals surface area (Å²) in [6.45, 7) is 1.89. The topological polar surface area (TPSA) is 88.4 Å². The third-order valence-corrected chi connectivity index (χ3v) is 4.44. The monoisotopic (exact) mass is 414 g/mol. The summed E-state index contributed by atoms with van der Waals surface area (Å²) in [6.07, 6.45) is 0.303. The van der Waals surface area contributed by atoms with Gasteiger partial charge in [0.1, 0.15) is 17.9 Å². The van der Waals surface area contributed by atoms with Crippen LogP contribution in [-0.4, -0.2) is 18.5 Å². The van der Waals surface area contributed by atoms with Crippen molar-refractivity contribution in [3.05, 3.63) is 95.1 Å². The van der Waals surface area contributed by atoms with E-state index < -0.39 is 18.5 Å². The molecule has 0 spiro atoms. The van der Waals surface area contributed by atoms with Crippen LogP contribution in [0.2, 0.25) is 0 Å². The molecular formula is C25H22N2O4. The van der Waals surface area contributed by atoms with Gasteiger partial charge in [-0.25, -0.2) is 4.79 Å². The van der Waals surface area contributed by atoms with E-state index in [2.05, 4.69) is 11.4 Å². The van der Waals surface area contributed by atoms with Gasteiger partial charge in [-0.15, -0.1) is 0 Å². The van der Waals surface area contributed by atoms with Crippen molar-refractivity contribution in [2.24, 2.45) is 0 Å².